The van der Waals surface area contributed by atoms with E-state index in [1.54, 1.807) is 0 Å². The summed E-state index contributed by atoms with van der Waals surface area (Å²) in [7, 11) is 0. The van der Waals surface area contributed by atoms with Gasteiger partial charge in [-0.3, -0.25) is 4.99 Å². The fraction of sp³-hybridized carbons (Fsp3) is 0.643. The van der Waals surface area contributed by atoms with Gasteiger partial charge in [0, 0.05) is 11.9 Å². The molecule has 0 aromatic rings. The van der Waals surface area contributed by atoms with Crippen LogP contribution >= 0.6 is 0 Å². The minimum atomic E-state index is 0.114. The van der Waals surface area contributed by atoms with Crippen molar-refractivity contribution in [3.8, 4) is 0 Å². The van der Waals surface area contributed by atoms with E-state index in [2.05, 4.69) is 60.0 Å². The molecule has 0 aliphatic heterocycles. The van der Waals surface area contributed by atoms with E-state index >= 15 is 0 Å². The van der Waals surface area contributed by atoms with E-state index in [0.717, 1.165) is 5.71 Å². The van der Waals surface area contributed by atoms with Crippen LogP contribution < -0.4 is 0 Å². The van der Waals surface area contributed by atoms with Crippen molar-refractivity contribution < 1.29 is 0 Å². The fourth-order valence-electron chi connectivity index (χ4n) is 0.913. The average Bonchev–Trinajstić information content (AvgIpc) is 2.00. The topological polar surface area (TPSA) is 12.4 Å². The van der Waals surface area contributed by atoms with Crippen molar-refractivity contribution in [3.63, 3.8) is 0 Å². The van der Waals surface area contributed by atoms with Crippen LogP contribution in [0.3, 0.4) is 0 Å². The van der Waals surface area contributed by atoms with Gasteiger partial charge in [-0.1, -0.05) is 54.2 Å². The molecule has 0 aliphatic rings. The summed E-state index contributed by atoms with van der Waals surface area (Å²) in [6.07, 6.45) is 3.83. The maximum absolute atomic E-state index is 4.52. The van der Waals surface area contributed by atoms with E-state index in [0.29, 0.717) is 0 Å². The Morgan fingerprint density at radius 2 is 1.47 bits per heavy atom. The normalized spacial score (nSPS) is 15.4. The summed E-state index contributed by atoms with van der Waals surface area (Å²) in [5.41, 5.74) is 2.57. The highest BCUT2D eigenvalue weighted by Crippen LogP contribution is 2.26. The first-order valence-corrected chi connectivity index (χ1v) is 5.47. The second-order valence-corrected chi connectivity index (χ2v) is 6.00. The highest BCUT2D eigenvalue weighted by Gasteiger charge is 2.16. The van der Waals surface area contributed by atoms with E-state index in [-0.39, 0.29) is 10.8 Å². The molecule has 0 saturated heterocycles. The van der Waals surface area contributed by atoms with Crippen molar-refractivity contribution in [3.05, 3.63) is 24.4 Å². The third-order valence-electron chi connectivity index (χ3n) is 2.57. The quantitative estimate of drug-likeness (QED) is 0.463. The van der Waals surface area contributed by atoms with E-state index in [1.807, 2.05) is 12.3 Å². The Bertz CT molecular complexity index is 279. The van der Waals surface area contributed by atoms with Gasteiger partial charge in [0.05, 0.1) is 0 Å². The van der Waals surface area contributed by atoms with Crippen LogP contribution in [0, 0.1) is 10.8 Å². The molecule has 0 saturated carbocycles. The van der Waals surface area contributed by atoms with E-state index < -0.39 is 0 Å². The van der Waals surface area contributed by atoms with Gasteiger partial charge in [-0.2, -0.15) is 0 Å². The van der Waals surface area contributed by atoms with Crippen LogP contribution in [0.25, 0.3) is 0 Å². The number of aliphatic imine (C=N–C) groups is 1. The van der Waals surface area contributed by atoms with Crippen molar-refractivity contribution in [2.24, 2.45) is 15.8 Å². The molecule has 0 aliphatic carbocycles. The molecule has 0 rings (SSSR count). The predicted molar refractivity (Wildman–Crippen MR) is 70.3 cm³/mol. The largest absolute Gasteiger partial charge is 0.265 e. The number of hydrogen-bond donors (Lipinski definition) is 0. The van der Waals surface area contributed by atoms with Gasteiger partial charge in [0.1, 0.15) is 0 Å². The van der Waals surface area contributed by atoms with Crippen LogP contribution in [0.4, 0.5) is 0 Å². The zero-order valence-corrected chi connectivity index (χ0v) is 11.3. The van der Waals surface area contributed by atoms with Crippen molar-refractivity contribution in [1.82, 2.24) is 0 Å². The van der Waals surface area contributed by atoms with Crippen LogP contribution in [0.1, 0.15) is 48.5 Å². The summed E-state index contributed by atoms with van der Waals surface area (Å²) in [5, 5.41) is 0. The molecular formula is C14H25N. The molecule has 0 aromatic heterocycles. The maximum atomic E-state index is 4.52. The first-order chi connectivity index (χ1) is 6.59. The smallest absolute Gasteiger partial charge is 0.0304 e. The summed E-state index contributed by atoms with van der Waals surface area (Å²) in [6, 6.07) is 0. The van der Waals surface area contributed by atoms with Gasteiger partial charge < -0.3 is 0 Å². The monoisotopic (exact) mass is 207 g/mol. The zero-order valence-electron chi connectivity index (χ0n) is 11.3. The van der Waals surface area contributed by atoms with Crippen molar-refractivity contribution in [2.75, 3.05) is 0 Å². The molecule has 0 atom stereocenters. The minimum absolute atomic E-state index is 0.114. The van der Waals surface area contributed by atoms with E-state index in [4.69, 9.17) is 0 Å². The van der Waals surface area contributed by atoms with Gasteiger partial charge in [0.15, 0.2) is 0 Å². The van der Waals surface area contributed by atoms with Crippen LogP contribution in [0.5, 0.6) is 0 Å². The summed E-state index contributed by atoms with van der Waals surface area (Å²) in [4.78, 5) is 4.52. The number of rotatable bonds is 2. The first-order valence-electron chi connectivity index (χ1n) is 5.47. The molecule has 0 unspecified atom stereocenters. The Morgan fingerprint density at radius 1 is 1.00 bits per heavy atom. The third-order valence-corrected chi connectivity index (χ3v) is 2.57. The SMILES string of the molecule is C=C/C(=C\N=C(/C)C(C)(C)C)C(C)(C)C. The van der Waals surface area contributed by atoms with E-state index in [9.17, 15) is 0 Å². The zero-order chi connectivity index (χ0) is 12.3. The summed E-state index contributed by atoms with van der Waals surface area (Å²) >= 11 is 0. The second-order valence-electron chi connectivity index (χ2n) is 6.00. The second kappa shape index (κ2) is 4.78. The molecular weight excluding hydrogens is 182 g/mol. The molecule has 0 spiro atoms. The molecule has 15 heavy (non-hydrogen) atoms. The summed E-state index contributed by atoms with van der Waals surface area (Å²) in [5.74, 6) is 0. The minimum Gasteiger partial charge on any atom is -0.265 e. The van der Waals surface area contributed by atoms with Crippen LogP contribution in [0.2, 0.25) is 0 Å². The summed E-state index contributed by atoms with van der Waals surface area (Å²) < 4.78 is 0. The molecule has 0 bridgehead atoms. The van der Waals surface area contributed by atoms with Crippen LogP contribution in [-0.4, -0.2) is 5.71 Å². The number of allylic oxidation sites excluding steroid dienone is 2. The highest BCUT2D eigenvalue weighted by atomic mass is 14.7. The molecule has 86 valence electrons. The lowest BCUT2D eigenvalue weighted by Crippen LogP contribution is -2.16. The van der Waals surface area contributed by atoms with E-state index in [1.165, 1.54) is 5.57 Å². The molecule has 0 fully saturated rings. The maximum Gasteiger partial charge on any atom is 0.0304 e. The van der Waals surface area contributed by atoms with Gasteiger partial charge >= 0.3 is 0 Å². The molecule has 0 radical (unpaired) electrons. The standard InChI is InChI=1S/C14H25N/c1-9-12(14(6,7)8)10-15-11(2)13(3,4)5/h9-10H,1H2,2-8H3/b12-10+,15-11+. The Morgan fingerprint density at radius 3 is 1.73 bits per heavy atom. The fourth-order valence-corrected chi connectivity index (χ4v) is 0.913. The van der Waals surface area contributed by atoms with Gasteiger partial charge in [0.2, 0.25) is 0 Å². The Kier molecular flexibility index (Phi) is 4.51. The number of hydrogen-bond acceptors (Lipinski definition) is 1. The van der Waals surface area contributed by atoms with Crippen molar-refractivity contribution in [2.45, 2.75) is 48.5 Å². The average molecular weight is 207 g/mol. The molecule has 0 amide bonds. The van der Waals surface area contributed by atoms with Crippen molar-refractivity contribution >= 4 is 5.71 Å². The third kappa shape index (κ3) is 4.96. The summed E-state index contributed by atoms with van der Waals surface area (Å²) in [6.45, 7) is 18.9. The molecule has 1 nitrogen and oxygen atoms in total. The Labute approximate surface area is 95.0 Å². The van der Waals surface area contributed by atoms with Crippen molar-refractivity contribution in [1.29, 1.82) is 0 Å². The first kappa shape index (κ1) is 14.2. The highest BCUT2D eigenvalue weighted by molar-refractivity contribution is 5.87. The lowest BCUT2D eigenvalue weighted by atomic mass is 9.87. The number of nitrogens with zero attached hydrogens (tertiary/aromatic N) is 1. The van der Waals surface area contributed by atoms with Crippen LogP contribution in [0.15, 0.2) is 29.4 Å². The lowest BCUT2D eigenvalue weighted by molar-refractivity contribution is 0.515. The molecule has 1 heteroatoms. The lowest BCUT2D eigenvalue weighted by Gasteiger charge is -2.20. The van der Waals surface area contributed by atoms with Crippen LogP contribution in [-0.2, 0) is 0 Å². The predicted octanol–water partition coefficient (Wildman–Crippen LogP) is 4.61. The van der Waals surface area contributed by atoms with Gasteiger partial charge in [-0.25, -0.2) is 0 Å². The molecule has 0 aromatic carbocycles. The van der Waals surface area contributed by atoms with Gasteiger partial charge in [-0.15, -0.1) is 0 Å². The molecule has 0 heterocycles. The van der Waals surface area contributed by atoms with Gasteiger partial charge in [0.25, 0.3) is 0 Å². The Hall–Kier alpha value is -0.850. The Balaban J connectivity index is 4.99. The molecule has 0 N–H and O–H groups in total. The van der Waals surface area contributed by atoms with Gasteiger partial charge in [-0.05, 0) is 23.3 Å².